The summed E-state index contributed by atoms with van der Waals surface area (Å²) >= 11 is 0. The molecule has 0 bridgehead atoms. The van der Waals surface area contributed by atoms with Gasteiger partial charge in [0.15, 0.2) is 0 Å². The van der Waals surface area contributed by atoms with Crippen LogP contribution in [0.5, 0.6) is 0 Å². The highest BCUT2D eigenvalue weighted by Gasteiger charge is 2.09. The van der Waals surface area contributed by atoms with E-state index in [1.54, 1.807) is 17.1 Å². The lowest BCUT2D eigenvalue weighted by Crippen LogP contribution is -2.12. The third-order valence-corrected chi connectivity index (χ3v) is 2.53. The highest BCUT2D eigenvalue weighted by atomic mass is 15.2. The number of rotatable bonds is 6. The van der Waals surface area contributed by atoms with E-state index in [-0.39, 0.29) is 0 Å². The maximum Gasteiger partial charge on any atom is 0.239 e. The van der Waals surface area contributed by atoms with Gasteiger partial charge in [-0.3, -0.25) is 4.57 Å². The molecule has 2 aromatic heterocycles. The number of imidazole rings is 1. The summed E-state index contributed by atoms with van der Waals surface area (Å²) in [5.41, 5.74) is 0. The Morgan fingerprint density at radius 1 is 1.26 bits per heavy atom. The van der Waals surface area contributed by atoms with Crippen molar-refractivity contribution in [2.45, 2.75) is 33.6 Å². The molecular weight excluding hydrogens is 240 g/mol. The molecule has 0 saturated heterocycles. The van der Waals surface area contributed by atoms with Crippen molar-refractivity contribution >= 4 is 5.95 Å². The van der Waals surface area contributed by atoms with E-state index < -0.39 is 0 Å². The molecule has 0 atom stereocenters. The smallest absolute Gasteiger partial charge is 0.239 e. The minimum Gasteiger partial charge on any atom is -0.354 e. The van der Waals surface area contributed by atoms with Crippen LogP contribution in [-0.2, 0) is 6.42 Å². The lowest BCUT2D eigenvalue weighted by Gasteiger charge is -2.09. The summed E-state index contributed by atoms with van der Waals surface area (Å²) in [6.45, 7) is 7.27. The predicted octanol–water partition coefficient (Wildman–Crippen LogP) is 2.08. The van der Waals surface area contributed by atoms with Crippen LogP contribution in [0.3, 0.4) is 0 Å². The SMILES string of the molecule is CCCNc1nc(CC(C)C)nc(-n2ccnc2)n1. The van der Waals surface area contributed by atoms with E-state index >= 15 is 0 Å². The van der Waals surface area contributed by atoms with Crippen LogP contribution in [-0.4, -0.2) is 31.0 Å². The minimum absolute atomic E-state index is 0.511. The second-order valence-electron chi connectivity index (χ2n) is 4.87. The van der Waals surface area contributed by atoms with E-state index in [0.717, 1.165) is 25.2 Å². The molecule has 0 spiro atoms. The lowest BCUT2D eigenvalue weighted by molar-refractivity contribution is 0.615. The Kier molecular flexibility index (Phi) is 4.43. The summed E-state index contributed by atoms with van der Waals surface area (Å²) in [4.78, 5) is 17.4. The van der Waals surface area contributed by atoms with Crippen LogP contribution in [0.2, 0.25) is 0 Å². The van der Waals surface area contributed by atoms with Crippen molar-refractivity contribution in [3.05, 3.63) is 24.5 Å². The van der Waals surface area contributed by atoms with Crippen LogP contribution in [0.15, 0.2) is 18.7 Å². The van der Waals surface area contributed by atoms with Gasteiger partial charge in [0.1, 0.15) is 12.2 Å². The molecule has 0 fully saturated rings. The van der Waals surface area contributed by atoms with E-state index in [0.29, 0.717) is 17.8 Å². The number of nitrogens with one attached hydrogen (secondary N) is 1. The van der Waals surface area contributed by atoms with Crippen molar-refractivity contribution in [1.29, 1.82) is 0 Å². The molecule has 0 aliphatic carbocycles. The van der Waals surface area contributed by atoms with Gasteiger partial charge in [-0.25, -0.2) is 4.98 Å². The first-order valence-electron chi connectivity index (χ1n) is 6.66. The maximum atomic E-state index is 4.48. The summed E-state index contributed by atoms with van der Waals surface area (Å²) in [5, 5.41) is 3.21. The number of hydrogen-bond acceptors (Lipinski definition) is 5. The van der Waals surface area contributed by atoms with Gasteiger partial charge in [-0.05, 0) is 12.3 Å². The third kappa shape index (κ3) is 3.74. The Labute approximate surface area is 113 Å². The second-order valence-corrected chi connectivity index (χ2v) is 4.87. The molecule has 102 valence electrons. The van der Waals surface area contributed by atoms with Gasteiger partial charge in [-0.1, -0.05) is 20.8 Å². The standard InChI is InChI=1S/C13H20N6/c1-4-5-15-12-16-11(8-10(2)3)17-13(18-12)19-7-6-14-9-19/h6-7,9-10H,4-5,8H2,1-3H3,(H,15,16,17,18). The molecule has 6 nitrogen and oxygen atoms in total. The molecule has 2 heterocycles. The van der Waals surface area contributed by atoms with E-state index in [4.69, 9.17) is 0 Å². The number of anilines is 1. The van der Waals surface area contributed by atoms with Crippen LogP contribution < -0.4 is 5.32 Å². The minimum atomic E-state index is 0.511. The fraction of sp³-hybridized carbons (Fsp3) is 0.538. The molecule has 0 saturated carbocycles. The monoisotopic (exact) mass is 260 g/mol. The topological polar surface area (TPSA) is 68.5 Å². The van der Waals surface area contributed by atoms with Gasteiger partial charge in [0.25, 0.3) is 0 Å². The van der Waals surface area contributed by atoms with Gasteiger partial charge in [-0.2, -0.15) is 15.0 Å². The summed E-state index contributed by atoms with van der Waals surface area (Å²) < 4.78 is 1.79. The highest BCUT2D eigenvalue weighted by Crippen LogP contribution is 2.09. The van der Waals surface area contributed by atoms with Gasteiger partial charge in [0, 0.05) is 25.4 Å². The van der Waals surface area contributed by atoms with Crippen LogP contribution >= 0.6 is 0 Å². The highest BCUT2D eigenvalue weighted by molar-refractivity contribution is 5.28. The van der Waals surface area contributed by atoms with E-state index in [9.17, 15) is 0 Å². The van der Waals surface area contributed by atoms with E-state index in [2.05, 4.69) is 46.0 Å². The van der Waals surface area contributed by atoms with Crippen molar-refractivity contribution in [2.75, 3.05) is 11.9 Å². The van der Waals surface area contributed by atoms with Crippen molar-refractivity contribution in [3.63, 3.8) is 0 Å². The number of nitrogens with zero attached hydrogens (tertiary/aromatic N) is 5. The first-order chi connectivity index (χ1) is 9.19. The summed E-state index contributed by atoms with van der Waals surface area (Å²) in [5.74, 6) is 2.57. The van der Waals surface area contributed by atoms with Gasteiger partial charge in [0.05, 0.1) is 0 Å². The zero-order valence-corrected chi connectivity index (χ0v) is 11.7. The zero-order chi connectivity index (χ0) is 13.7. The first-order valence-corrected chi connectivity index (χ1v) is 6.66. The fourth-order valence-electron chi connectivity index (χ4n) is 1.67. The largest absolute Gasteiger partial charge is 0.354 e. The lowest BCUT2D eigenvalue weighted by atomic mass is 10.1. The molecular formula is C13H20N6. The van der Waals surface area contributed by atoms with Crippen LogP contribution in [0, 0.1) is 5.92 Å². The Morgan fingerprint density at radius 2 is 2.11 bits per heavy atom. The number of aromatic nitrogens is 5. The zero-order valence-electron chi connectivity index (χ0n) is 11.7. The predicted molar refractivity (Wildman–Crippen MR) is 74.3 cm³/mol. The third-order valence-electron chi connectivity index (χ3n) is 2.53. The molecule has 2 rings (SSSR count). The average Bonchev–Trinajstić information content (AvgIpc) is 2.89. The van der Waals surface area contributed by atoms with Gasteiger partial charge >= 0.3 is 0 Å². The second kappa shape index (κ2) is 6.26. The van der Waals surface area contributed by atoms with Gasteiger partial charge in [0.2, 0.25) is 11.9 Å². The van der Waals surface area contributed by atoms with Crippen molar-refractivity contribution < 1.29 is 0 Å². The Morgan fingerprint density at radius 3 is 2.74 bits per heavy atom. The molecule has 0 aliphatic heterocycles. The van der Waals surface area contributed by atoms with Crippen molar-refractivity contribution in [1.82, 2.24) is 24.5 Å². The molecule has 0 unspecified atom stereocenters. The van der Waals surface area contributed by atoms with Crippen LogP contribution in [0.1, 0.15) is 33.0 Å². The molecule has 6 heteroatoms. The average molecular weight is 260 g/mol. The van der Waals surface area contributed by atoms with Gasteiger partial charge in [-0.15, -0.1) is 0 Å². The first kappa shape index (κ1) is 13.5. The van der Waals surface area contributed by atoms with Crippen molar-refractivity contribution in [3.8, 4) is 5.95 Å². The molecule has 19 heavy (non-hydrogen) atoms. The molecule has 2 aromatic rings. The molecule has 0 aromatic carbocycles. The Balaban J connectivity index is 2.31. The van der Waals surface area contributed by atoms with Crippen molar-refractivity contribution in [2.24, 2.45) is 5.92 Å². The van der Waals surface area contributed by atoms with E-state index in [1.165, 1.54) is 0 Å². The van der Waals surface area contributed by atoms with Gasteiger partial charge < -0.3 is 5.32 Å². The Hall–Kier alpha value is -1.98. The Bertz CT molecular complexity index is 506. The summed E-state index contributed by atoms with van der Waals surface area (Å²) in [6, 6.07) is 0. The molecule has 0 aliphatic rings. The molecule has 1 N–H and O–H groups in total. The molecule has 0 amide bonds. The number of hydrogen-bond donors (Lipinski definition) is 1. The quantitative estimate of drug-likeness (QED) is 0.861. The maximum absolute atomic E-state index is 4.48. The summed E-state index contributed by atoms with van der Waals surface area (Å²) in [7, 11) is 0. The fourth-order valence-corrected chi connectivity index (χ4v) is 1.67. The van der Waals surface area contributed by atoms with E-state index in [1.807, 2.05) is 6.20 Å². The normalized spacial score (nSPS) is 10.9. The van der Waals surface area contributed by atoms with Crippen LogP contribution in [0.4, 0.5) is 5.95 Å². The van der Waals surface area contributed by atoms with Crippen LogP contribution in [0.25, 0.3) is 5.95 Å². The molecule has 0 radical (unpaired) electrons. The summed E-state index contributed by atoms with van der Waals surface area (Å²) in [6.07, 6.45) is 7.11.